The number of hydrogen-bond acceptors (Lipinski definition) is 4. The van der Waals surface area contributed by atoms with E-state index in [1.165, 1.54) is 17.8 Å². The van der Waals surface area contributed by atoms with Crippen LogP contribution in [0, 0.1) is 18.3 Å². The maximum absolute atomic E-state index is 11.4. The summed E-state index contributed by atoms with van der Waals surface area (Å²) in [6.45, 7) is 1.78. The van der Waals surface area contributed by atoms with Crippen LogP contribution in [0.15, 0.2) is 46.3 Å². The molecule has 0 saturated heterocycles. The smallest absolute Gasteiger partial charge is 0.251 e. The molecule has 1 aromatic heterocycles. The van der Waals surface area contributed by atoms with Crippen LogP contribution in [0.2, 0.25) is 0 Å². The monoisotopic (exact) mass is 271 g/mol. The average molecular weight is 271 g/mol. The van der Waals surface area contributed by atoms with E-state index in [2.05, 4.69) is 16.0 Å². The van der Waals surface area contributed by atoms with Gasteiger partial charge in [-0.2, -0.15) is 5.26 Å². The minimum absolute atomic E-state index is 0.0313. The van der Waals surface area contributed by atoms with Crippen LogP contribution in [0.5, 0.6) is 0 Å². The summed E-state index contributed by atoms with van der Waals surface area (Å²) in [5.41, 5.74) is 1.56. The number of hydrogen-bond donors (Lipinski definition) is 1. The van der Waals surface area contributed by atoms with Crippen LogP contribution >= 0.6 is 11.8 Å². The van der Waals surface area contributed by atoms with Crippen molar-refractivity contribution in [2.24, 2.45) is 0 Å². The minimum Gasteiger partial charge on any atom is -0.301 e. The van der Waals surface area contributed by atoms with Crippen LogP contribution in [-0.2, 0) is 0 Å². The number of aryl methyl sites for hydroxylation is 1. The Labute approximate surface area is 115 Å². The second kappa shape index (κ2) is 6.21. The topological polar surface area (TPSA) is 69.5 Å². The molecule has 0 saturated carbocycles. The van der Waals surface area contributed by atoms with Crippen LogP contribution in [0.3, 0.4) is 0 Å². The highest BCUT2D eigenvalue weighted by Crippen LogP contribution is 2.35. The van der Waals surface area contributed by atoms with Crippen molar-refractivity contribution in [1.29, 1.82) is 5.26 Å². The van der Waals surface area contributed by atoms with E-state index in [4.69, 9.17) is 5.26 Å². The summed E-state index contributed by atoms with van der Waals surface area (Å²) in [7, 11) is 0. The number of nitrogens with one attached hydrogen (secondary N) is 1. The molecule has 96 valence electrons. The summed E-state index contributed by atoms with van der Waals surface area (Å²) in [6, 6.07) is 13.4. The van der Waals surface area contributed by atoms with Crippen LogP contribution in [-0.4, -0.2) is 9.97 Å². The second-order valence-corrected chi connectivity index (χ2v) is 5.26. The molecule has 0 amide bonds. The molecule has 1 N–H and O–H groups in total. The van der Waals surface area contributed by atoms with Crippen molar-refractivity contribution >= 4 is 11.8 Å². The lowest BCUT2D eigenvalue weighted by Gasteiger charge is -2.12. The Bertz CT molecular complexity index is 646. The van der Waals surface area contributed by atoms with E-state index in [0.717, 1.165) is 5.56 Å². The van der Waals surface area contributed by atoms with Crippen molar-refractivity contribution < 1.29 is 0 Å². The molecule has 5 heteroatoms. The van der Waals surface area contributed by atoms with Gasteiger partial charge in [0.25, 0.3) is 5.56 Å². The molecule has 19 heavy (non-hydrogen) atoms. The van der Waals surface area contributed by atoms with Gasteiger partial charge in [-0.05, 0) is 12.5 Å². The SMILES string of the molecule is Cc1cc(=O)[nH]c(SC(CC#N)c2ccccc2)n1. The highest BCUT2D eigenvalue weighted by molar-refractivity contribution is 7.99. The zero-order chi connectivity index (χ0) is 13.7. The number of rotatable bonds is 4. The fraction of sp³-hybridized carbons (Fsp3) is 0.214. The lowest BCUT2D eigenvalue weighted by atomic mass is 10.1. The summed E-state index contributed by atoms with van der Waals surface area (Å²) in [5, 5.41) is 9.45. The van der Waals surface area contributed by atoms with Gasteiger partial charge in [0, 0.05) is 11.8 Å². The summed E-state index contributed by atoms with van der Waals surface area (Å²) in [6.07, 6.45) is 0.367. The Morgan fingerprint density at radius 3 is 2.79 bits per heavy atom. The highest BCUT2D eigenvalue weighted by Gasteiger charge is 2.14. The largest absolute Gasteiger partial charge is 0.301 e. The van der Waals surface area contributed by atoms with Crippen LogP contribution in [0.4, 0.5) is 0 Å². The lowest BCUT2D eigenvalue weighted by molar-refractivity contribution is 0.886. The van der Waals surface area contributed by atoms with Gasteiger partial charge in [0.05, 0.1) is 17.7 Å². The van der Waals surface area contributed by atoms with E-state index in [9.17, 15) is 4.79 Å². The van der Waals surface area contributed by atoms with Crippen LogP contribution in [0.25, 0.3) is 0 Å². The van der Waals surface area contributed by atoms with Gasteiger partial charge in [-0.15, -0.1) is 0 Å². The van der Waals surface area contributed by atoms with E-state index in [1.54, 1.807) is 6.92 Å². The van der Waals surface area contributed by atoms with Crippen molar-refractivity contribution in [2.45, 2.75) is 23.8 Å². The number of thioether (sulfide) groups is 1. The first-order valence-electron chi connectivity index (χ1n) is 5.85. The summed E-state index contributed by atoms with van der Waals surface area (Å²) < 4.78 is 0. The third kappa shape index (κ3) is 3.70. The van der Waals surface area contributed by atoms with Gasteiger partial charge in [-0.1, -0.05) is 42.1 Å². The molecular formula is C14H13N3OS. The third-order valence-electron chi connectivity index (χ3n) is 2.55. The molecule has 0 aliphatic heterocycles. The third-order valence-corrected chi connectivity index (χ3v) is 3.69. The van der Waals surface area contributed by atoms with Gasteiger partial charge in [0.2, 0.25) is 0 Å². The molecule has 1 aromatic carbocycles. The lowest BCUT2D eigenvalue weighted by Crippen LogP contribution is -2.09. The van der Waals surface area contributed by atoms with Crippen molar-refractivity contribution in [2.75, 3.05) is 0 Å². The molecule has 0 aliphatic rings. The molecule has 4 nitrogen and oxygen atoms in total. The van der Waals surface area contributed by atoms with Crippen LogP contribution in [0.1, 0.15) is 22.9 Å². The van der Waals surface area contributed by atoms with Crippen molar-refractivity contribution in [3.63, 3.8) is 0 Å². The molecule has 0 aliphatic carbocycles. The fourth-order valence-corrected chi connectivity index (χ4v) is 2.80. The highest BCUT2D eigenvalue weighted by atomic mass is 32.2. The Balaban J connectivity index is 2.27. The van der Waals surface area contributed by atoms with E-state index < -0.39 is 0 Å². The molecule has 2 aromatic rings. The Morgan fingerprint density at radius 2 is 2.16 bits per heavy atom. The first-order valence-corrected chi connectivity index (χ1v) is 6.73. The van der Waals surface area contributed by atoms with Gasteiger partial charge < -0.3 is 4.98 Å². The molecule has 0 fully saturated rings. The molecule has 0 bridgehead atoms. The Morgan fingerprint density at radius 1 is 1.42 bits per heavy atom. The summed E-state index contributed by atoms with van der Waals surface area (Å²) in [4.78, 5) is 18.4. The number of H-pyrrole nitrogens is 1. The van der Waals surface area contributed by atoms with E-state index >= 15 is 0 Å². The van der Waals surface area contributed by atoms with E-state index in [1.807, 2.05) is 30.3 Å². The fourth-order valence-electron chi connectivity index (χ4n) is 1.72. The molecule has 2 rings (SSSR count). The zero-order valence-corrected chi connectivity index (χ0v) is 11.3. The number of aromatic amines is 1. The number of nitriles is 1. The standard InChI is InChI=1S/C14H13N3OS/c1-10-9-13(18)17-14(16-10)19-12(7-8-15)11-5-3-2-4-6-11/h2-6,9,12H,7H2,1H3,(H,16,17,18). The summed E-state index contributed by atoms with van der Waals surface area (Å²) >= 11 is 1.41. The molecule has 0 radical (unpaired) electrons. The van der Waals surface area contributed by atoms with Gasteiger partial charge in [-0.3, -0.25) is 4.79 Å². The normalized spacial score (nSPS) is 11.8. The summed E-state index contributed by atoms with van der Waals surface area (Å²) in [5.74, 6) is 0. The zero-order valence-electron chi connectivity index (χ0n) is 10.5. The molecular weight excluding hydrogens is 258 g/mol. The van der Waals surface area contributed by atoms with E-state index in [-0.39, 0.29) is 10.8 Å². The number of nitrogens with zero attached hydrogens (tertiary/aromatic N) is 2. The number of aromatic nitrogens is 2. The van der Waals surface area contributed by atoms with Gasteiger partial charge in [0.15, 0.2) is 5.16 Å². The van der Waals surface area contributed by atoms with Crippen molar-refractivity contribution in [3.8, 4) is 6.07 Å². The van der Waals surface area contributed by atoms with E-state index in [0.29, 0.717) is 17.3 Å². The number of benzene rings is 1. The van der Waals surface area contributed by atoms with Crippen molar-refractivity contribution in [3.05, 3.63) is 58.0 Å². The van der Waals surface area contributed by atoms with Crippen molar-refractivity contribution in [1.82, 2.24) is 9.97 Å². The Kier molecular flexibility index (Phi) is 4.37. The predicted octanol–water partition coefficient (Wildman–Crippen LogP) is 2.83. The van der Waals surface area contributed by atoms with Gasteiger partial charge in [-0.25, -0.2) is 4.98 Å². The minimum atomic E-state index is -0.168. The quantitative estimate of drug-likeness (QED) is 0.685. The predicted molar refractivity (Wildman–Crippen MR) is 74.9 cm³/mol. The maximum Gasteiger partial charge on any atom is 0.251 e. The first kappa shape index (κ1) is 13.4. The molecule has 1 unspecified atom stereocenters. The molecule has 0 spiro atoms. The van der Waals surface area contributed by atoms with Gasteiger partial charge >= 0.3 is 0 Å². The molecule has 1 atom stereocenters. The van der Waals surface area contributed by atoms with Gasteiger partial charge in [0.1, 0.15) is 0 Å². The first-order chi connectivity index (χ1) is 9.19. The molecule has 1 heterocycles. The average Bonchev–Trinajstić information content (AvgIpc) is 2.38. The van der Waals surface area contributed by atoms with Crippen LogP contribution < -0.4 is 5.56 Å². The second-order valence-electron chi connectivity index (χ2n) is 4.07. The Hall–Kier alpha value is -2.06. The maximum atomic E-state index is 11.4.